The van der Waals surface area contributed by atoms with E-state index in [1.165, 1.54) is 0 Å². The quantitative estimate of drug-likeness (QED) is 0.834. The van der Waals surface area contributed by atoms with E-state index in [-0.39, 0.29) is 18.0 Å². The summed E-state index contributed by atoms with van der Waals surface area (Å²) < 4.78 is 0.985. The van der Waals surface area contributed by atoms with Gasteiger partial charge < -0.3 is 15.3 Å². The molecule has 0 aromatic heterocycles. The lowest BCUT2D eigenvalue weighted by Crippen LogP contribution is -2.41. The minimum atomic E-state index is -0.597. The van der Waals surface area contributed by atoms with E-state index in [2.05, 4.69) is 21.2 Å². The Balaban J connectivity index is 2.55. The number of aliphatic hydroxyl groups is 1. The van der Waals surface area contributed by atoms with Crippen molar-refractivity contribution in [3.8, 4) is 0 Å². The standard InChI is InChI=1S/C15H23BrN2O2/c1-10(9-14(19)18(3)4)17-11(2)15(20)12-5-7-13(16)8-6-12/h5-8,10-11,15,17,20H,9H2,1-4H3. The number of hydrogen-bond acceptors (Lipinski definition) is 3. The van der Waals surface area contributed by atoms with Gasteiger partial charge in [0.1, 0.15) is 0 Å². The molecule has 0 radical (unpaired) electrons. The minimum absolute atomic E-state index is 0.0185. The normalized spacial score (nSPS) is 15.5. The third-order valence-corrected chi connectivity index (χ3v) is 3.74. The van der Waals surface area contributed by atoms with Crippen molar-refractivity contribution in [2.75, 3.05) is 14.1 Å². The van der Waals surface area contributed by atoms with Crippen molar-refractivity contribution in [2.45, 2.75) is 38.5 Å². The van der Waals surface area contributed by atoms with E-state index in [4.69, 9.17) is 0 Å². The molecule has 0 bridgehead atoms. The fourth-order valence-electron chi connectivity index (χ4n) is 1.99. The summed E-state index contributed by atoms with van der Waals surface area (Å²) >= 11 is 3.37. The largest absolute Gasteiger partial charge is 0.387 e. The molecule has 1 rings (SSSR count). The molecule has 0 aliphatic heterocycles. The molecule has 0 saturated carbocycles. The zero-order chi connectivity index (χ0) is 15.3. The van der Waals surface area contributed by atoms with E-state index in [9.17, 15) is 9.90 Å². The lowest BCUT2D eigenvalue weighted by molar-refractivity contribution is -0.129. The van der Waals surface area contributed by atoms with Gasteiger partial charge in [0.05, 0.1) is 6.10 Å². The molecule has 3 atom stereocenters. The van der Waals surface area contributed by atoms with E-state index in [0.717, 1.165) is 10.0 Å². The molecule has 0 aliphatic carbocycles. The van der Waals surface area contributed by atoms with Crippen LogP contribution in [0.15, 0.2) is 28.7 Å². The van der Waals surface area contributed by atoms with Gasteiger partial charge in [-0.1, -0.05) is 28.1 Å². The smallest absolute Gasteiger partial charge is 0.223 e. The van der Waals surface area contributed by atoms with Gasteiger partial charge in [-0.2, -0.15) is 0 Å². The van der Waals surface area contributed by atoms with Crippen LogP contribution in [0.5, 0.6) is 0 Å². The summed E-state index contributed by atoms with van der Waals surface area (Å²) in [6.45, 7) is 3.87. The molecule has 1 aromatic carbocycles. The molecule has 2 N–H and O–H groups in total. The molecule has 5 heteroatoms. The van der Waals surface area contributed by atoms with Crippen LogP contribution in [0.25, 0.3) is 0 Å². The van der Waals surface area contributed by atoms with Crippen molar-refractivity contribution in [1.29, 1.82) is 0 Å². The Hall–Kier alpha value is -0.910. The molecule has 1 aromatic rings. The summed E-state index contributed by atoms with van der Waals surface area (Å²) in [5.74, 6) is 0.0790. The Labute approximate surface area is 129 Å². The first-order valence-corrected chi connectivity index (χ1v) is 7.50. The molecule has 4 nitrogen and oxygen atoms in total. The predicted octanol–water partition coefficient (Wildman–Crippen LogP) is 2.33. The van der Waals surface area contributed by atoms with Crippen LogP contribution in [-0.4, -0.2) is 42.1 Å². The maximum Gasteiger partial charge on any atom is 0.223 e. The van der Waals surface area contributed by atoms with E-state index in [1.54, 1.807) is 19.0 Å². The summed E-state index contributed by atoms with van der Waals surface area (Å²) in [4.78, 5) is 13.2. The molecular weight excluding hydrogens is 320 g/mol. The van der Waals surface area contributed by atoms with Crippen molar-refractivity contribution < 1.29 is 9.90 Å². The minimum Gasteiger partial charge on any atom is -0.387 e. The molecule has 3 unspecified atom stereocenters. The third kappa shape index (κ3) is 5.23. The van der Waals surface area contributed by atoms with Gasteiger partial charge in [-0.05, 0) is 31.5 Å². The van der Waals surface area contributed by atoms with Crippen LogP contribution in [0, 0.1) is 0 Å². The number of nitrogens with zero attached hydrogens (tertiary/aromatic N) is 1. The predicted molar refractivity (Wildman–Crippen MR) is 84.5 cm³/mol. The van der Waals surface area contributed by atoms with Gasteiger partial charge in [0, 0.05) is 37.1 Å². The Morgan fingerprint density at radius 3 is 2.35 bits per heavy atom. The Morgan fingerprint density at radius 1 is 1.30 bits per heavy atom. The van der Waals surface area contributed by atoms with E-state index >= 15 is 0 Å². The van der Waals surface area contributed by atoms with Gasteiger partial charge >= 0.3 is 0 Å². The monoisotopic (exact) mass is 342 g/mol. The first-order valence-electron chi connectivity index (χ1n) is 6.71. The van der Waals surface area contributed by atoms with Gasteiger partial charge in [-0.15, -0.1) is 0 Å². The van der Waals surface area contributed by atoms with Gasteiger partial charge in [-0.3, -0.25) is 4.79 Å². The highest BCUT2D eigenvalue weighted by Gasteiger charge is 2.19. The first kappa shape index (κ1) is 17.1. The number of amides is 1. The first-order chi connectivity index (χ1) is 9.31. The van der Waals surface area contributed by atoms with Gasteiger partial charge in [0.15, 0.2) is 0 Å². The molecule has 112 valence electrons. The van der Waals surface area contributed by atoms with Crippen molar-refractivity contribution in [1.82, 2.24) is 10.2 Å². The summed E-state index contributed by atoms with van der Waals surface area (Å²) in [6.07, 6.45) is -0.176. The van der Waals surface area contributed by atoms with Crippen LogP contribution in [0.2, 0.25) is 0 Å². The van der Waals surface area contributed by atoms with Crippen LogP contribution < -0.4 is 5.32 Å². The van der Waals surface area contributed by atoms with Crippen molar-refractivity contribution in [2.24, 2.45) is 0 Å². The molecule has 0 heterocycles. The SMILES string of the molecule is CC(CC(=O)N(C)C)NC(C)C(O)c1ccc(Br)cc1. The number of aliphatic hydroxyl groups excluding tert-OH is 1. The maximum atomic E-state index is 11.6. The average molecular weight is 343 g/mol. The van der Waals surface area contributed by atoms with Crippen molar-refractivity contribution in [3.05, 3.63) is 34.3 Å². The average Bonchev–Trinajstić information content (AvgIpc) is 2.38. The highest BCUT2D eigenvalue weighted by atomic mass is 79.9. The molecule has 0 fully saturated rings. The van der Waals surface area contributed by atoms with Crippen LogP contribution >= 0.6 is 15.9 Å². The van der Waals surface area contributed by atoms with Crippen LogP contribution in [0.4, 0.5) is 0 Å². The van der Waals surface area contributed by atoms with E-state index < -0.39 is 6.10 Å². The molecule has 0 aliphatic rings. The zero-order valence-corrected chi connectivity index (χ0v) is 14.0. The Kier molecular flexibility index (Phi) is 6.65. The molecule has 0 spiro atoms. The number of nitrogens with one attached hydrogen (secondary N) is 1. The topological polar surface area (TPSA) is 52.6 Å². The van der Waals surface area contributed by atoms with E-state index in [1.807, 2.05) is 38.1 Å². The third-order valence-electron chi connectivity index (χ3n) is 3.21. The van der Waals surface area contributed by atoms with Gasteiger partial charge in [0.2, 0.25) is 5.91 Å². The lowest BCUT2D eigenvalue weighted by atomic mass is 10.0. The second kappa shape index (κ2) is 7.76. The van der Waals surface area contributed by atoms with Crippen LogP contribution in [0.3, 0.4) is 0 Å². The lowest BCUT2D eigenvalue weighted by Gasteiger charge is -2.25. The summed E-state index contributed by atoms with van der Waals surface area (Å²) in [5.41, 5.74) is 0.860. The Morgan fingerprint density at radius 2 is 1.85 bits per heavy atom. The number of carbonyl (C=O) groups excluding carboxylic acids is 1. The molecule has 20 heavy (non-hydrogen) atoms. The van der Waals surface area contributed by atoms with E-state index in [0.29, 0.717) is 6.42 Å². The van der Waals surface area contributed by atoms with Crippen LogP contribution in [0.1, 0.15) is 31.9 Å². The molecule has 1 amide bonds. The highest BCUT2D eigenvalue weighted by molar-refractivity contribution is 9.10. The molecular formula is C15H23BrN2O2. The summed E-state index contributed by atoms with van der Waals surface area (Å²) in [5, 5.41) is 13.6. The number of halogens is 1. The fourth-order valence-corrected chi connectivity index (χ4v) is 2.26. The van der Waals surface area contributed by atoms with Gasteiger partial charge in [0.25, 0.3) is 0 Å². The maximum absolute atomic E-state index is 11.6. The zero-order valence-electron chi connectivity index (χ0n) is 12.4. The van der Waals surface area contributed by atoms with Crippen molar-refractivity contribution in [3.63, 3.8) is 0 Å². The number of hydrogen-bond donors (Lipinski definition) is 2. The number of benzene rings is 1. The molecule has 0 saturated heterocycles. The number of rotatable bonds is 6. The summed E-state index contributed by atoms with van der Waals surface area (Å²) in [7, 11) is 3.49. The second-order valence-electron chi connectivity index (χ2n) is 5.35. The summed E-state index contributed by atoms with van der Waals surface area (Å²) in [6, 6.07) is 7.49. The van der Waals surface area contributed by atoms with Crippen molar-refractivity contribution >= 4 is 21.8 Å². The Bertz CT molecular complexity index is 434. The second-order valence-corrected chi connectivity index (χ2v) is 6.26. The highest BCUT2D eigenvalue weighted by Crippen LogP contribution is 2.20. The van der Waals surface area contributed by atoms with Gasteiger partial charge in [-0.25, -0.2) is 0 Å². The fraction of sp³-hybridized carbons (Fsp3) is 0.533. The van der Waals surface area contributed by atoms with Crippen LogP contribution in [-0.2, 0) is 4.79 Å². The number of carbonyl (C=O) groups is 1.